The van der Waals surface area contributed by atoms with Crippen molar-refractivity contribution >= 4 is 17.3 Å². The molecular weight excluding hydrogens is 372 g/mol. The predicted molar refractivity (Wildman–Crippen MR) is 110 cm³/mol. The zero-order valence-corrected chi connectivity index (χ0v) is 16.1. The van der Waals surface area contributed by atoms with E-state index in [2.05, 4.69) is 17.1 Å². The van der Waals surface area contributed by atoms with Gasteiger partial charge in [-0.1, -0.05) is 54.1 Å². The second kappa shape index (κ2) is 6.88. The summed E-state index contributed by atoms with van der Waals surface area (Å²) in [7, 11) is 1.67. The second-order valence-corrected chi connectivity index (χ2v) is 7.38. The SMILES string of the molecule is COc1cccc([C@@H]2Oc3ccccc3[C@@H]3CC(c4cccc(Cl)c4)=NN32)c1. The topological polar surface area (TPSA) is 34.1 Å². The van der Waals surface area contributed by atoms with Crippen molar-refractivity contribution in [1.29, 1.82) is 0 Å². The van der Waals surface area contributed by atoms with E-state index in [1.54, 1.807) is 7.11 Å². The van der Waals surface area contributed by atoms with E-state index < -0.39 is 0 Å². The molecule has 0 fully saturated rings. The molecule has 0 spiro atoms. The summed E-state index contributed by atoms with van der Waals surface area (Å²) in [6.45, 7) is 0. The van der Waals surface area contributed by atoms with Crippen LogP contribution in [0.1, 0.15) is 35.4 Å². The zero-order valence-electron chi connectivity index (χ0n) is 15.4. The molecule has 0 amide bonds. The molecule has 2 aliphatic rings. The molecule has 28 heavy (non-hydrogen) atoms. The maximum atomic E-state index is 6.38. The molecule has 5 rings (SSSR count). The molecule has 2 heterocycles. The summed E-state index contributed by atoms with van der Waals surface area (Å²) in [5.41, 5.74) is 4.22. The third kappa shape index (κ3) is 2.90. The molecular formula is C23H19ClN2O2. The van der Waals surface area contributed by atoms with Gasteiger partial charge >= 0.3 is 0 Å². The van der Waals surface area contributed by atoms with Gasteiger partial charge in [-0.2, -0.15) is 5.10 Å². The molecule has 3 aromatic rings. The molecule has 5 heteroatoms. The normalized spacial score (nSPS) is 20.1. The van der Waals surface area contributed by atoms with E-state index in [-0.39, 0.29) is 12.3 Å². The van der Waals surface area contributed by atoms with Crippen molar-refractivity contribution in [1.82, 2.24) is 5.01 Å². The van der Waals surface area contributed by atoms with Crippen LogP contribution in [0.5, 0.6) is 11.5 Å². The van der Waals surface area contributed by atoms with Crippen LogP contribution in [0.2, 0.25) is 5.02 Å². The average molecular weight is 391 g/mol. The smallest absolute Gasteiger partial charge is 0.214 e. The lowest BCUT2D eigenvalue weighted by molar-refractivity contribution is -0.0191. The fourth-order valence-electron chi connectivity index (χ4n) is 3.89. The number of methoxy groups -OCH3 is 1. The molecule has 4 nitrogen and oxygen atoms in total. The van der Waals surface area contributed by atoms with Crippen LogP contribution in [0, 0.1) is 0 Å². The molecule has 0 aliphatic carbocycles. The van der Waals surface area contributed by atoms with Crippen molar-refractivity contribution in [2.45, 2.75) is 18.7 Å². The molecule has 2 atom stereocenters. The Kier molecular flexibility index (Phi) is 4.21. The maximum absolute atomic E-state index is 6.38. The fraction of sp³-hybridized carbons (Fsp3) is 0.174. The number of hydrogen-bond acceptors (Lipinski definition) is 4. The van der Waals surface area contributed by atoms with Crippen molar-refractivity contribution in [2.75, 3.05) is 7.11 Å². The van der Waals surface area contributed by atoms with E-state index in [9.17, 15) is 0 Å². The Bertz CT molecular complexity index is 1070. The van der Waals surface area contributed by atoms with E-state index in [0.717, 1.165) is 40.3 Å². The summed E-state index contributed by atoms with van der Waals surface area (Å²) in [5.74, 6) is 1.70. The number of rotatable bonds is 3. The zero-order chi connectivity index (χ0) is 19.1. The van der Waals surface area contributed by atoms with Crippen LogP contribution < -0.4 is 9.47 Å². The number of para-hydroxylation sites is 1. The van der Waals surface area contributed by atoms with E-state index >= 15 is 0 Å². The third-order valence-corrected chi connectivity index (χ3v) is 5.47. The van der Waals surface area contributed by atoms with E-state index in [1.807, 2.05) is 60.7 Å². The molecule has 0 saturated carbocycles. The number of benzene rings is 3. The Hall–Kier alpha value is -2.98. The predicted octanol–water partition coefficient (Wildman–Crippen LogP) is 5.59. The van der Waals surface area contributed by atoms with Crippen molar-refractivity contribution in [3.63, 3.8) is 0 Å². The van der Waals surface area contributed by atoms with Crippen molar-refractivity contribution in [3.05, 3.63) is 94.5 Å². The first-order valence-corrected chi connectivity index (χ1v) is 9.62. The van der Waals surface area contributed by atoms with Crippen LogP contribution in [0.25, 0.3) is 0 Å². The standard InChI is InChI=1S/C23H19ClN2O2/c1-27-18-9-5-7-16(13-18)23-26-21(19-10-2-3-11-22(19)28-23)14-20(25-26)15-6-4-8-17(24)12-15/h2-13,21,23H,14H2,1H3/t21-,23-/m0/s1. The second-order valence-electron chi connectivity index (χ2n) is 6.94. The first-order valence-electron chi connectivity index (χ1n) is 9.24. The van der Waals surface area contributed by atoms with Gasteiger partial charge in [-0.25, -0.2) is 5.01 Å². The van der Waals surface area contributed by atoms with Gasteiger partial charge in [0.05, 0.1) is 18.9 Å². The first-order chi connectivity index (χ1) is 13.7. The summed E-state index contributed by atoms with van der Waals surface area (Å²) in [6.07, 6.45) is 0.493. The molecule has 0 unspecified atom stereocenters. The first kappa shape index (κ1) is 17.1. The maximum Gasteiger partial charge on any atom is 0.214 e. The van der Waals surface area contributed by atoms with Gasteiger partial charge in [0, 0.05) is 22.6 Å². The molecule has 140 valence electrons. The highest BCUT2D eigenvalue weighted by Crippen LogP contribution is 2.47. The van der Waals surface area contributed by atoms with Gasteiger partial charge in [-0.05, 0) is 35.9 Å². The highest BCUT2D eigenvalue weighted by molar-refractivity contribution is 6.31. The fourth-order valence-corrected chi connectivity index (χ4v) is 4.08. The number of hydrazone groups is 1. The van der Waals surface area contributed by atoms with Gasteiger partial charge < -0.3 is 9.47 Å². The largest absolute Gasteiger partial charge is 0.497 e. The number of fused-ring (bicyclic) bond motifs is 3. The minimum absolute atomic E-state index is 0.120. The van der Waals surface area contributed by atoms with Crippen molar-refractivity contribution < 1.29 is 9.47 Å². The van der Waals surface area contributed by atoms with Gasteiger partial charge in [0.25, 0.3) is 0 Å². The number of ether oxygens (including phenoxy) is 2. The number of hydrogen-bond donors (Lipinski definition) is 0. The molecule has 3 aromatic carbocycles. The molecule has 0 N–H and O–H groups in total. The Balaban J connectivity index is 1.60. The molecule has 0 saturated heterocycles. The van der Waals surface area contributed by atoms with Gasteiger partial charge in [-0.3, -0.25) is 0 Å². The highest BCUT2D eigenvalue weighted by Gasteiger charge is 2.40. The van der Waals surface area contributed by atoms with Crippen molar-refractivity contribution in [2.24, 2.45) is 5.10 Å². The summed E-state index contributed by atoms with van der Waals surface area (Å²) in [6, 6.07) is 24.1. The van der Waals surface area contributed by atoms with E-state index in [0.29, 0.717) is 5.02 Å². The summed E-state index contributed by atoms with van der Waals surface area (Å²) in [5, 5.41) is 7.74. The lowest BCUT2D eigenvalue weighted by atomic mass is 9.96. The van der Waals surface area contributed by atoms with Crippen LogP contribution >= 0.6 is 11.6 Å². The Morgan fingerprint density at radius 1 is 1.04 bits per heavy atom. The molecule has 0 aromatic heterocycles. The Labute approximate surface area is 169 Å². The lowest BCUT2D eigenvalue weighted by Crippen LogP contribution is -2.33. The average Bonchev–Trinajstić information content (AvgIpc) is 3.19. The summed E-state index contributed by atoms with van der Waals surface area (Å²) >= 11 is 6.21. The minimum Gasteiger partial charge on any atom is -0.497 e. The third-order valence-electron chi connectivity index (χ3n) is 5.24. The van der Waals surface area contributed by atoms with Crippen LogP contribution in [0.15, 0.2) is 77.9 Å². The van der Waals surface area contributed by atoms with Gasteiger partial charge in [0.1, 0.15) is 11.5 Å². The number of nitrogens with zero attached hydrogens (tertiary/aromatic N) is 2. The highest BCUT2D eigenvalue weighted by atomic mass is 35.5. The summed E-state index contributed by atoms with van der Waals surface area (Å²) < 4.78 is 11.8. The van der Waals surface area contributed by atoms with E-state index in [1.165, 1.54) is 0 Å². The van der Waals surface area contributed by atoms with E-state index in [4.69, 9.17) is 26.2 Å². The molecule has 2 aliphatic heterocycles. The van der Waals surface area contributed by atoms with Crippen LogP contribution in [0.3, 0.4) is 0 Å². The lowest BCUT2D eigenvalue weighted by Gasteiger charge is -2.38. The van der Waals surface area contributed by atoms with Crippen LogP contribution in [0.4, 0.5) is 0 Å². The van der Waals surface area contributed by atoms with Crippen molar-refractivity contribution in [3.8, 4) is 11.5 Å². The summed E-state index contributed by atoms with van der Waals surface area (Å²) in [4.78, 5) is 0. The Morgan fingerprint density at radius 3 is 2.75 bits per heavy atom. The van der Waals surface area contributed by atoms with Gasteiger partial charge in [0.15, 0.2) is 0 Å². The van der Waals surface area contributed by atoms with Gasteiger partial charge in [-0.15, -0.1) is 0 Å². The molecule has 0 bridgehead atoms. The quantitative estimate of drug-likeness (QED) is 0.584. The van der Waals surface area contributed by atoms with Gasteiger partial charge in [0.2, 0.25) is 6.23 Å². The molecule has 0 radical (unpaired) electrons. The number of halogens is 1. The monoisotopic (exact) mass is 390 g/mol. The van der Waals surface area contributed by atoms with Crippen LogP contribution in [-0.4, -0.2) is 17.8 Å². The minimum atomic E-state index is -0.313. The Morgan fingerprint density at radius 2 is 1.89 bits per heavy atom. The van der Waals surface area contributed by atoms with Crippen LogP contribution in [-0.2, 0) is 0 Å².